The number of hydrogen-bond donors (Lipinski definition) is 1. The molecule has 0 saturated heterocycles. The molecule has 0 amide bonds. The number of halogens is 1. The molecule has 0 aliphatic heterocycles. The van der Waals surface area contributed by atoms with Gasteiger partial charge in [0.2, 0.25) is 0 Å². The molecule has 0 aliphatic carbocycles. The van der Waals surface area contributed by atoms with Gasteiger partial charge < -0.3 is 15.2 Å². The van der Waals surface area contributed by atoms with Crippen LogP contribution in [-0.4, -0.2) is 18.6 Å². The molecule has 0 aliphatic rings. The predicted molar refractivity (Wildman–Crippen MR) is 78.1 cm³/mol. The van der Waals surface area contributed by atoms with E-state index in [4.69, 9.17) is 15.2 Å². The Kier molecular flexibility index (Phi) is 8.19. The number of carbonyl (C=O) groups excluding carboxylic acids is 1. The Morgan fingerprint density at radius 2 is 2.00 bits per heavy atom. The van der Waals surface area contributed by atoms with Crippen molar-refractivity contribution in [1.82, 2.24) is 0 Å². The molecule has 1 unspecified atom stereocenters. The van der Waals surface area contributed by atoms with Gasteiger partial charge in [-0.1, -0.05) is 13.0 Å². The van der Waals surface area contributed by atoms with E-state index in [9.17, 15) is 4.79 Å². The fourth-order valence-corrected chi connectivity index (χ4v) is 1.63. The van der Waals surface area contributed by atoms with Gasteiger partial charge >= 0.3 is 5.97 Å². The molecule has 1 rings (SSSR count). The Balaban J connectivity index is 0.00000324. The molecule has 0 radical (unpaired) electrons. The average Bonchev–Trinajstić information content (AvgIpc) is 2.32. The van der Waals surface area contributed by atoms with E-state index in [0.717, 1.165) is 18.4 Å². The maximum atomic E-state index is 11.0. The SMILES string of the molecule is CCOc1cc(CC(N)CC)ccc1OC(C)=O.Cl. The van der Waals surface area contributed by atoms with Crippen molar-refractivity contribution >= 4 is 18.4 Å². The predicted octanol–water partition coefficient (Wildman–Crippen LogP) is 2.71. The van der Waals surface area contributed by atoms with E-state index >= 15 is 0 Å². The lowest BCUT2D eigenvalue weighted by molar-refractivity contribution is -0.132. The van der Waals surface area contributed by atoms with Gasteiger partial charge in [-0.15, -0.1) is 12.4 Å². The fraction of sp³-hybridized carbons (Fsp3) is 0.500. The molecule has 5 heteroatoms. The van der Waals surface area contributed by atoms with Gasteiger partial charge in [-0.2, -0.15) is 0 Å². The van der Waals surface area contributed by atoms with Crippen LogP contribution in [0.25, 0.3) is 0 Å². The van der Waals surface area contributed by atoms with Crippen molar-refractivity contribution in [3.05, 3.63) is 23.8 Å². The topological polar surface area (TPSA) is 61.6 Å². The molecule has 2 N–H and O–H groups in total. The van der Waals surface area contributed by atoms with Crippen LogP contribution in [0.15, 0.2) is 18.2 Å². The van der Waals surface area contributed by atoms with Crippen molar-refractivity contribution in [2.75, 3.05) is 6.61 Å². The van der Waals surface area contributed by atoms with Crippen LogP contribution < -0.4 is 15.2 Å². The van der Waals surface area contributed by atoms with E-state index in [2.05, 4.69) is 6.92 Å². The Morgan fingerprint density at radius 1 is 1.32 bits per heavy atom. The van der Waals surface area contributed by atoms with Gasteiger partial charge in [0.25, 0.3) is 0 Å². The Hall–Kier alpha value is -1.26. The molecule has 0 bridgehead atoms. The smallest absolute Gasteiger partial charge is 0.308 e. The third-order valence-electron chi connectivity index (χ3n) is 2.58. The van der Waals surface area contributed by atoms with Crippen LogP contribution in [0, 0.1) is 0 Å². The Labute approximate surface area is 120 Å². The van der Waals surface area contributed by atoms with Gasteiger partial charge in [-0.3, -0.25) is 4.79 Å². The highest BCUT2D eigenvalue weighted by Crippen LogP contribution is 2.29. The highest BCUT2D eigenvalue weighted by atomic mass is 35.5. The molecule has 0 fully saturated rings. The Bertz CT molecular complexity index is 410. The van der Waals surface area contributed by atoms with E-state index in [1.807, 2.05) is 19.1 Å². The lowest BCUT2D eigenvalue weighted by Gasteiger charge is -2.13. The summed E-state index contributed by atoms with van der Waals surface area (Å²) < 4.78 is 10.6. The molecule has 0 heterocycles. The fourth-order valence-electron chi connectivity index (χ4n) is 1.63. The lowest BCUT2D eigenvalue weighted by atomic mass is 10.0. The molecule has 1 atom stereocenters. The minimum Gasteiger partial charge on any atom is -0.490 e. The molecule has 1 aromatic carbocycles. The third-order valence-corrected chi connectivity index (χ3v) is 2.58. The summed E-state index contributed by atoms with van der Waals surface area (Å²) in [6.45, 7) is 5.84. The number of rotatable bonds is 6. The van der Waals surface area contributed by atoms with Crippen LogP contribution >= 0.6 is 12.4 Å². The highest BCUT2D eigenvalue weighted by molar-refractivity contribution is 5.85. The first-order valence-electron chi connectivity index (χ1n) is 6.26. The van der Waals surface area contributed by atoms with Crippen molar-refractivity contribution < 1.29 is 14.3 Å². The number of hydrogen-bond acceptors (Lipinski definition) is 4. The van der Waals surface area contributed by atoms with Crippen LogP contribution in [0.2, 0.25) is 0 Å². The number of benzene rings is 1. The van der Waals surface area contributed by atoms with Crippen molar-refractivity contribution in [3.8, 4) is 11.5 Å². The zero-order valence-electron chi connectivity index (χ0n) is 11.6. The first-order chi connectivity index (χ1) is 8.56. The minimum absolute atomic E-state index is 0. The normalized spacial score (nSPS) is 11.4. The average molecular weight is 288 g/mol. The zero-order valence-corrected chi connectivity index (χ0v) is 12.5. The molecule has 19 heavy (non-hydrogen) atoms. The van der Waals surface area contributed by atoms with Gasteiger partial charge in [0, 0.05) is 13.0 Å². The molecule has 0 aromatic heterocycles. The van der Waals surface area contributed by atoms with Crippen LogP contribution in [0.5, 0.6) is 11.5 Å². The summed E-state index contributed by atoms with van der Waals surface area (Å²) in [6, 6.07) is 5.69. The molecule has 0 spiro atoms. The summed E-state index contributed by atoms with van der Waals surface area (Å²) in [7, 11) is 0. The number of carbonyl (C=O) groups is 1. The van der Waals surface area contributed by atoms with Crippen molar-refractivity contribution in [2.24, 2.45) is 5.73 Å². The lowest BCUT2D eigenvalue weighted by Crippen LogP contribution is -2.21. The maximum absolute atomic E-state index is 11.0. The number of ether oxygens (including phenoxy) is 2. The highest BCUT2D eigenvalue weighted by Gasteiger charge is 2.10. The molecule has 0 saturated carbocycles. The summed E-state index contributed by atoms with van der Waals surface area (Å²) in [6.07, 6.45) is 1.71. The summed E-state index contributed by atoms with van der Waals surface area (Å²) in [5, 5.41) is 0. The first kappa shape index (κ1) is 17.7. The van der Waals surface area contributed by atoms with E-state index in [0.29, 0.717) is 18.1 Å². The van der Waals surface area contributed by atoms with E-state index in [-0.39, 0.29) is 24.4 Å². The molecular formula is C14H22ClNO3. The van der Waals surface area contributed by atoms with Gasteiger partial charge in [-0.25, -0.2) is 0 Å². The summed E-state index contributed by atoms with van der Waals surface area (Å²) in [5.74, 6) is 0.695. The van der Waals surface area contributed by atoms with E-state index in [1.165, 1.54) is 6.92 Å². The van der Waals surface area contributed by atoms with Gasteiger partial charge in [0.1, 0.15) is 0 Å². The van der Waals surface area contributed by atoms with E-state index in [1.54, 1.807) is 6.07 Å². The number of esters is 1. The van der Waals surface area contributed by atoms with Crippen LogP contribution in [-0.2, 0) is 11.2 Å². The molecule has 108 valence electrons. The second kappa shape index (κ2) is 8.77. The molecule has 4 nitrogen and oxygen atoms in total. The second-order valence-corrected chi connectivity index (χ2v) is 4.18. The van der Waals surface area contributed by atoms with E-state index < -0.39 is 0 Å². The van der Waals surface area contributed by atoms with Crippen LogP contribution in [0.4, 0.5) is 0 Å². The zero-order chi connectivity index (χ0) is 13.5. The first-order valence-corrected chi connectivity index (χ1v) is 6.26. The van der Waals surface area contributed by atoms with Crippen molar-refractivity contribution in [1.29, 1.82) is 0 Å². The minimum atomic E-state index is -0.353. The summed E-state index contributed by atoms with van der Waals surface area (Å²) in [5.41, 5.74) is 7.01. The largest absolute Gasteiger partial charge is 0.490 e. The maximum Gasteiger partial charge on any atom is 0.308 e. The van der Waals surface area contributed by atoms with Crippen molar-refractivity contribution in [2.45, 2.75) is 39.7 Å². The summed E-state index contributed by atoms with van der Waals surface area (Å²) in [4.78, 5) is 11.0. The standard InChI is InChI=1S/C14H21NO3.ClH/c1-4-12(15)8-11-6-7-13(18-10(3)16)14(9-11)17-5-2;/h6-7,9,12H,4-5,8,15H2,1-3H3;1H. The molecule has 1 aromatic rings. The van der Waals surface area contributed by atoms with Crippen molar-refractivity contribution in [3.63, 3.8) is 0 Å². The summed E-state index contributed by atoms with van der Waals surface area (Å²) >= 11 is 0. The van der Waals surface area contributed by atoms with Gasteiger partial charge in [0.05, 0.1) is 6.61 Å². The molecular weight excluding hydrogens is 266 g/mol. The van der Waals surface area contributed by atoms with Crippen LogP contribution in [0.3, 0.4) is 0 Å². The van der Waals surface area contributed by atoms with Gasteiger partial charge in [0.15, 0.2) is 11.5 Å². The quantitative estimate of drug-likeness (QED) is 0.645. The third kappa shape index (κ3) is 5.94. The Morgan fingerprint density at radius 3 is 2.53 bits per heavy atom. The number of nitrogens with two attached hydrogens (primary N) is 1. The van der Waals surface area contributed by atoms with Crippen LogP contribution in [0.1, 0.15) is 32.8 Å². The monoisotopic (exact) mass is 287 g/mol. The van der Waals surface area contributed by atoms with Gasteiger partial charge in [-0.05, 0) is 37.5 Å². The second-order valence-electron chi connectivity index (χ2n) is 4.18.